The van der Waals surface area contributed by atoms with Gasteiger partial charge in [-0.25, -0.2) is 0 Å². The molecule has 0 fully saturated rings. The van der Waals surface area contributed by atoms with Gasteiger partial charge in [0.15, 0.2) is 0 Å². The Morgan fingerprint density at radius 2 is 1.77 bits per heavy atom. The highest BCUT2D eigenvalue weighted by atomic mass is 35.5. The van der Waals surface area contributed by atoms with Crippen LogP contribution in [0.25, 0.3) is 0 Å². The van der Waals surface area contributed by atoms with Crippen molar-refractivity contribution < 1.29 is 14.3 Å². The number of hydrogen-bond donors (Lipinski definition) is 1. The van der Waals surface area contributed by atoms with E-state index in [1.165, 1.54) is 0 Å². The summed E-state index contributed by atoms with van der Waals surface area (Å²) in [6.07, 6.45) is 1.56. The largest absolute Gasteiger partial charge is 0.497 e. The average molecular weight is 431 g/mol. The Bertz CT molecular complexity index is 839. The first-order valence-electron chi connectivity index (χ1n) is 10.3. The maximum absolute atomic E-state index is 13.3. The zero-order valence-corrected chi connectivity index (χ0v) is 18.9. The lowest BCUT2D eigenvalue weighted by molar-refractivity contribution is -0.141. The molecular formula is C24H31ClN2O3. The predicted molar refractivity (Wildman–Crippen MR) is 121 cm³/mol. The zero-order valence-electron chi connectivity index (χ0n) is 18.2. The van der Waals surface area contributed by atoms with Crippen molar-refractivity contribution in [2.75, 3.05) is 7.11 Å². The van der Waals surface area contributed by atoms with Gasteiger partial charge >= 0.3 is 0 Å². The van der Waals surface area contributed by atoms with Gasteiger partial charge in [-0.1, -0.05) is 49.7 Å². The molecule has 162 valence electrons. The van der Waals surface area contributed by atoms with Gasteiger partial charge in [-0.2, -0.15) is 0 Å². The molecule has 0 aliphatic heterocycles. The number of amides is 2. The van der Waals surface area contributed by atoms with E-state index in [0.29, 0.717) is 18.0 Å². The number of nitrogens with zero attached hydrogens (tertiary/aromatic N) is 1. The van der Waals surface area contributed by atoms with Crippen LogP contribution in [0.4, 0.5) is 0 Å². The van der Waals surface area contributed by atoms with Crippen LogP contribution in [0.2, 0.25) is 5.02 Å². The molecule has 2 rings (SSSR count). The lowest BCUT2D eigenvalue weighted by Gasteiger charge is -2.31. The SMILES string of the molecule is CC[C@@H](C)NC(=O)[C@@H](CC)N(Cc1cccc(OC)c1)C(=O)Cc1ccc(Cl)cc1. The number of methoxy groups -OCH3 is 1. The molecule has 0 unspecified atom stereocenters. The number of ether oxygens (including phenoxy) is 1. The lowest BCUT2D eigenvalue weighted by Crippen LogP contribution is -2.51. The quantitative estimate of drug-likeness (QED) is 0.598. The third-order valence-electron chi connectivity index (χ3n) is 5.14. The minimum atomic E-state index is -0.551. The van der Waals surface area contributed by atoms with Gasteiger partial charge in [0.05, 0.1) is 13.5 Å². The highest BCUT2D eigenvalue weighted by Gasteiger charge is 2.29. The minimum Gasteiger partial charge on any atom is -0.497 e. The van der Waals surface area contributed by atoms with E-state index >= 15 is 0 Å². The van der Waals surface area contributed by atoms with E-state index in [4.69, 9.17) is 16.3 Å². The number of rotatable bonds is 10. The van der Waals surface area contributed by atoms with Crippen LogP contribution in [-0.4, -0.2) is 35.9 Å². The van der Waals surface area contributed by atoms with Gasteiger partial charge in [0.1, 0.15) is 11.8 Å². The maximum Gasteiger partial charge on any atom is 0.243 e. The van der Waals surface area contributed by atoms with Crippen LogP contribution < -0.4 is 10.1 Å². The molecule has 0 saturated carbocycles. The van der Waals surface area contributed by atoms with Gasteiger partial charge in [-0.05, 0) is 55.2 Å². The van der Waals surface area contributed by atoms with Crippen molar-refractivity contribution in [2.24, 2.45) is 0 Å². The first-order chi connectivity index (χ1) is 14.4. The van der Waals surface area contributed by atoms with Crippen molar-refractivity contribution in [3.8, 4) is 5.75 Å². The van der Waals surface area contributed by atoms with Crippen molar-refractivity contribution in [1.29, 1.82) is 0 Å². The Kier molecular flexibility index (Phi) is 9.18. The summed E-state index contributed by atoms with van der Waals surface area (Å²) in [4.78, 5) is 27.9. The summed E-state index contributed by atoms with van der Waals surface area (Å²) >= 11 is 5.96. The van der Waals surface area contributed by atoms with Crippen molar-refractivity contribution >= 4 is 23.4 Å². The van der Waals surface area contributed by atoms with Crippen LogP contribution in [0.1, 0.15) is 44.7 Å². The molecule has 0 aliphatic carbocycles. The second-order valence-corrected chi connectivity index (χ2v) is 7.85. The standard InChI is InChI=1S/C24H31ClN2O3/c1-5-17(3)26-24(29)22(6-2)27(16-19-8-7-9-21(14-19)30-4)23(28)15-18-10-12-20(25)13-11-18/h7-14,17,22H,5-6,15-16H2,1-4H3,(H,26,29)/t17-,22-/m1/s1. The molecule has 5 nitrogen and oxygen atoms in total. The van der Waals surface area contributed by atoms with Gasteiger partial charge < -0.3 is 15.0 Å². The molecule has 6 heteroatoms. The van der Waals surface area contributed by atoms with Gasteiger partial charge in [0.2, 0.25) is 11.8 Å². The normalized spacial score (nSPS) is 12.7. The summed E-state index contributed by atoms with van der Waals surface area (Å²) in [7, 11) is 1.61. The van der Waals surface area contributed by atoms with Crippen molar-refractivity contribution in [3.63, 3.8) is 0 Å². The summed E-state index contributed by atoms with van der Waals surface area (Å²) in [5.41, 5.74) is 1.77. The van der Waals surface area contributed by atoms with E-state index in [1.54, 1.807) is 24.1 Å². The maximum atomic E-state index is 13.3. The van der Waals surface area contributed by atoms with Gasteiger partial charge in [-0.3, -0.25) is 9.59 Å². The summed E-state index contributed by atoms with van der Waals surface area (Å²) in [6, 6.07) is 14.3. The van der Waals surface area contributed by atoms with Gasteiger partial charge in [0.25, 0.3) is 0 Å². The molecule has 0 spiro atoms. The number of halogens is 1. The second-order valence-electron chi connectivity index (χ2n) is 7.42. The summed E-state index contributed by atoms with van der Waals surface area (Å²) < 4.78 is 5.31. The topological polar surface area (TPSA) is 58.6 Å². The Balaban J connectivity index is 2.30. The average Bonchev–Trinajstić information content (AvgIpc) is 2.75. The van der Waals surface area contributed by atoms with E-state index in [2.05, 4.69) is 5.32 Å². The van der Waals surface area contributed by atoms with E-state index in [9.17, 15) is 9.59 Å². The van der Waals surface area contributed by atoms with Crippen LogP contribution in [0.3, 0.4) is 0 Å². The summed E-state index contributed by atoms with van der Waals surface area (Å²) in [5.74, 6) is 0.486. The van der Waals surface area contributed by atoms with Crippen LogP contribution >= 0.6 is 11.6 Å². The molecule has 2 atom stereocenters. The molecular weight excluding hydrogens is 400 g/mol. The summed E-state index contributed by atoms with van der Waals surface area (Å²) in [5, 5.41) is 3.64. The first-order valence-corrected chi connectivity index (χ1v) is 10.7. The lowest BCUT2D eigenvalue weighted by atomic mass is 10.1. The highest BCUT2D eigenvalue weighted by Crippen LogP contribution is 2.19. The number of hydrogen-bond acceptors (Lipinski definition) is 3. The summed E-state index contributed by atoms with van der Waals surface area (Å²) in [6.45, 7) is 6.24. The number of carbonyl (C=O) groups excluding carboxylic acids is 2. The fraction of sp³-hybridized carbons (Fsp3) is 0.417. The Hall–Kier alpha value is -2.53. The molecule has 2 aromatic rings. The zero-order chi connectivity index (χ0) is 22.1. The smallest absolute Gasteiger partial charge is 0.243 e. The number of benzene rings is 2. The molecule has 0 heterocycles. The fourth-order valence-electron chi connectivity index (χ4n) is 3.21. The van der Waals surface area contributed by atoms with Gasteiger partial charge in [-0.15, -0.1) is 0 Å². The van der Waals surface area contributed by atoms with Crippen LogP contribution in [-0.2, 0) is 22.6 Å². The number of nitrogens with one attached hydrogen (secondary N) is 1. The molecule has 0 aliphatic rings. The third-order valence-corrected chi connectivity index (χ3v) is 5.39. The van der Waals surface area contributed by atoms with Gasteiger partial charge in [0, 0.05) is 17.6 Å². The molecule has 2 aromatic carbocycles. The molecule has 1 N–H and O–H groups in total. The van der Waals surface area contributed by atoms with E-state index in [0.717, 1.165) is 23.3 Å². The van der Waals surface area contributed by atoms with Crippen LogP contribution in [0.5, 0.6) is 5.75 Å². The van der Waals surface area contributed by atoms with Crippen molar-refractivity contribution in [3.05, 3.63) is 64.7 Å². The minimum absolute atomic E-state index is 0.0524. The molecule has 2 amide bonds. The third kappa shape index (κ3) is 6.77. The van der Waals surface area contributed by atoms with Crippen molar-refractivity contribution in [1.82, 2.24) is 10.2 Å². The highest BCUT2D eigenvalue weighted by molar-refractivity contribution is 6.30. The molecule has 0 aromatic heterocycles. The Morgan fingerprint density at radius 3 is 2.37 bits per heavy atom. The predicted octanol–water partition coefficient (Wildman–Crippen LogP) is 4.61. The number of carbonyl (C=O) groups is 2. The molecule has 0 radical (unpaired) electrons. The monoisotopic (exact) mass is 430 g/mol. The van der Waals surface area contributed by atoms with Crippen molar-refractivity contribution in [2.45, 2.75) is 58.7 Å². The fourth-order valence-corrected chi connectivity index (χ4v) is 3.33. The van der Waals surface area contributed by atoms with E-state index in [-0.39, 0.29) is 24.3 Å². The molecule has 0 bridgehead atoms. The molecule has 0 saturated heterocycles. The second kappa shape index (κ2) is 11.6. The van der Waals surface area contributed by atoms with E-state index in [1.807, 2.05) is 57.2 Å². The van der Waals surface area contributed by atoms with E-state index < -0.39 is 6.04 Å². The van der Waals surface area contributed by atoms with Crippen LogP contribution in [0, 0.1) is 0 Å². The Morgan fingerprint density at radius 1 is 1.07 bits per heavy atom. The first kappa shape index (κ1) is 23.7. The van der Waals surface area contributed by atoms with Crippen LogP contribution in [0.15, 0.2) is 48.5 Å². The molecule has 30 heavy (non-hydrogen) atoms. The Labute approximate surface area is 184 Å².